The highest BCUT2D eigenvalue weighted by Crippen LogP contribution is 1.82. The number of halogens is 1. The van der Waals surface area contributed by atoms with Gasteiger partial charge in [-0.25, -0.2) is 0 Å². The SMILES string of the molecule is CCC=CNCCCC.Cl. The first-order chi connectivity index (χ1) is 4.41. The molecule has 0 aliphatic heterocycles. The molecular weight excluding hydrogens is 146 g/mol. The molecule has 2 heteroatoms. The Morgan fingerprint density at radius 2 is 2.00 bits per heavy atom. The molecule has 0 saturated heterocycles. The van der Waals surface area contributed by atoms with Crippen molar-refractivity contribution in [3.05, 3.63) is 12.3 Å². The molecule has 10 heavy (non-hydrogen) atoms. The Morgan fingerprint density at radius 3 is 2.50 bits per heavy atom. The zero-order chi connectivity index (χ0) is 6.95. The Morgan fingerprint density at radius 1 is 1.30 bits per heavy atom. The molecule has 0 aromatic heterocycles. The number of hydrogen-bond acceptors (Lipinski definition) is 1. The second kappa shape index (κ2) is 11.6. The van der Waals surface area contributed by atoms with E-state index in [1.807, 2.05) is 6.20 Å². The van der Waals surface area contributed by atoms with Crippen molar-refractivity contribution in [1.82, 2.24) is 5.32 Å². The Hall–Kier alpha value is -0.170. The van der Waals surface area contributed by atoms with Gasteiger partial charge in [0.2, 0.25) is 0 Å². The minimum Gasteiger partial charge on any atom is -0.391 e. The van der Waals surface area contributed by atoms with E-state index in [1.165, 1.54) is 12.8 Å². The van der Waals surface area contributed by atoms with Gasteiger partial charge in [0, 0.05) is 6.54 Å². The van der Waals surface area contributed by atoms with Gasteiger partial charge in [-0.1, -0.05) is 26.3 Å². The highest BCUT2D eigenvalue weighted by Gasteiger charge is 1.76. The summed E-state index contributed by atoms with van der Waals surface area (Å²) < 4.78 is 0. The molecule has 0 amide bonds. The molecule has 0 aliphatic carbocycles. The monoisotopic (exact) mass is 163 g/mol. The van der Waals surface area contributed by atoms with Crippen molar-refractivity contribution >= 4 is 12.4 Å². The molecule has 0 rings (SSSR count). The van der Waals surface area contributed by atoms with E-state index in [4.69, 9.17) is 0 Å². The van der Waals surface area contributed by atoms with Crippen molar-refractivity contribution in [3.8, 4) is 0 Å². The molecular formula is C8H18ClN. The Kier molecular flexibility index (Phi) is 14.5. The highest BCUT2D eigenvalue weighted by molar-refractivity contribution is 5.85. The minimum absolute atomic E-state index is 0. The molecule has 0 saturated carbocycles. The molecule has 0 radical (unpaired) electrons. The fourth-order valence-electron chi connectivity index (χ4n) is 0.563. The van der Waals surface area contributed by atoms with Crippen LogP contribution in [0.5, 0.6) is 0 Å². The second-order valence-electron chi connectivity index (χ2n) is 2.12. The van der Waals surface area contributed by atoms with Gasteiger partial charge in [-0.15, -0.1) is 12.4 Å². The third-order valence-corrected chi connectivity index (χ3v) is 1.15. The predicted molar refractivity (Wildman–Crippen MR) is 49.6 cm³/mol. The Balaban J connectivity index is 0. The van der Waals surface area contributed by atoms with Crippen molar-refractivity contribution < 1.29 is 0 Å². The summed E-state index contributed by atoms with van der Waals surface area (Å²) in [6.45, 7) is 5.45. The van der Waals surface area contributed by atoms with Gasteiger partial charge in [0.15, 0.2) is 0 Å². The molecule has 62 valence electrons. The van der Waals surface area contributed by atoms with Crippen molar-refractivity contribution in [1.29, 1.82) is 0 Å². The number of hydrogen-bond donors (Lipinski definition) is 1. The number of rotatable bonds is 5. The maximum atomic E-state index is 3.21. The van der Waals surface area contributed by atoms with Gasteiger partial charge in [-0.3, -0.25) is 0 Å². The highest BCUT2D eigenvalue weighted by atomic mass is 35.5. The third-order valence-electron chi connectivity index (χ3n) is 1.15. The second-order valence-corrected chi connectivity index (χ2v) is 2.12. The van der Waals surface area contributed by atoms with Crippen LogP contribution in [0.1, 0.15) is 33.1 Å². The molecule has 0 bridgehead atoms. The zero-order valence-corrected chi connectivity index (χ0v) is 7.71. The molecule has 0 spiro atoms. The lowest BCUT2D eigenvalue weighted by molar-refractivity contribution is 0.733. The molecule has 0 aliphatic rings. The summed E-state index contributed by atoms with van der Waals surface area (Å²) in [4.78, 5) is 0. The normalized spacial score (nSPS) is 9.40. The van der Waals surface area contributed by atoms with E-state index in [0.717, 1.165) is 13.0 Å². The smallest absolute Gasteiger partial charge is 0.0141 e. The first-order valence-corrected chi connectivity index (χ1v) is 3.80. The average molecular weight is 164 g/mol. The van der Waals surface area contributed by atoms with E-state index < -0.39 is 0 Å². The lowest BCUT2D eigenvalue weighted by Crippen LogP contribution is -2.05. The minimum atomic E-state index is 0. The van der Waals surface area contributed by atoms with Crippen LogP contribution in [0.2, 0.25) is 0 Å². The topological polar surface area (TPSA) is 12.0 Å². The van der Waals surface area contributed by atoms with Crippen LogP contribution in [0.25, 0.3) is 0 Å². The molecule has 0 aromatic carbocycles. The Bertz CT molecular complexity index is 71.7. The summed E-state index contributed by atoms with van der Waals surface area (Å²) in [6.07, 6.45) is 7.84. The first kappa shape index (κ1) is 12.5. The zero-order valence-electron chi connectivity index (χ0n) is 6.89. The van der Waals surface area contributed by atoms with Crippen LogP contribution in [-0.4, -0.2) is 6.54 Å². The van der Waals surface area contributed by atoms with E-state index >= 15 is 0 Å². The molecule has 0 fully saturated rings. The summed E-state index contributed by atoms with van der Waals surface area (Å²) in [5, 5.41) is 3.21. The molecule has 0 heterocycles. The van der Waals surface area contributed by atoms with Crippen molar-refractivity contribution in [3.63, 3.8) is 0 Å². The molecule has 1 N–H and O–H groups in total. The molecule has 1 nitrogen and oxygen atoms in total. The van der Waals surface area contributed by atoms with Gasteiger partial charge in [-0.05, 0) is 19.0 Å². The van der Waals surface area contributed by atoms with Gasteiger partial charge in [0.05, 0.1) is 0 Å². The largest absolute Gasteiger partial charge is 0.391 e. The van der Waals surface area contributed by atoms with Crippen LogP contribution in [0.15, 0.2) is 12.3 Å². The van der Waals surface area contributed by atoms with Crippen LogP contribution >= 0.6 is 12.4 Å². The van der Waals surface area contributed by atoms with Crippen molar-refractivity contribution in [2.75, 3.05) is 6.54 Å². The average Bonchev–Trinajstić information content (AvgIpc) is 1.89. The third kappa shape index (κ3) is 10.7. The van der Waals surface area contributed by atoms with Crippen LogP contribution in [0.3, 0.4) is 0 Å². The molecule has 0 atom stereocenters. The van der Waals surface area contributed by atoms with Gasteiger partial charge >= 0.3 is 0 Å². The van der Waals surface area contributed by atoms with Crippen molar-refractivity contribution in [2.45, 2.75) is 33.1 Å². The van der Waals surface area contributed by atoms with Gasteiger partial charge < -0.3 is 5.32 Å². The first-order valence-electron chi connectivity index (χ1n) is 3.80. The number of nitrogens with one attached hydrogen (secondary N) is 1. The Labute approximate surface area is 70.3 Å². The summed E-state index contributed by atoms with van der Waals surface area (Å²) >= 11 is 0. The maximum Gasteiger partial charge on any atom is 0.0141 e. The van der Waals surface area contributed by atoms with E-state index in [9.17, 15) is 0 Å². The lowest BCUT2D eigenvalue weighted by atomic mass is 10.3. The van der Waals surface area contributed by atoms with Crippen LogP contribution in [0.4, 0.5) is 0 Å². The molecule has 0 aromatic rings. The van der Waals surface area contributed by atoms with E-state index in [-0.39, 0.29) is 12.4 Å². The van der Waals surface area contributed by atoms with Crippen molar-refractivity contribution in [2.24, 2.45) is 0 Å². The summed E-state index contributed by atoms with van der Waals surface area (Å²) in [7, 11) is 0. The van der Waals surface area contributed by atoms with E-state index in [2.05, 4.69) is 25.2 Å². The summed E-state index contributed by atoms with van der Waals surface area (Å²) in [5.74, 6) is 0. The van der Waals surface area contributed by atoms with Crippen LogP contribution < -0.4 is 5.32 Å². The number of unbranched alkanes of at least 4 members (excludes halogenated alkanes) is 1. The van der Waals surface area contributed by atoms with E-state index in [1.54, 1.807) is 0 Å². The quantitative estimate of drug-likeness (QED) is 0.615. The fourth-order valence-corrected chi connectivity index (χ4v) is 0.563. The number of allylic oxidation sites excluding steroid dienone is 1. The summed E-state index contributed by atoms with van der Waals surface area (Å²) in [6, 6.07) is 0. The van der Waals surface area contributed by atoms with Gasteiger partial charge in [0.25, 0.3) is 0 Å². The molecule has 0 unspecified atom stereocenters. The van der Waals surface area contributed by atoms with Gasteiger partial charge in [0.1, 0.15) is 0 Å². The lowest BCUT2D eigenvalue weighted by Gasteiger charge is -1.95. The van der Waals surface area contributed by atoms with Gasteiger partial charge in [-0.2, -0.15) is 0 Å². The van der Waals surface area contributed by atoms with Crippen LogP contribution in [0, 0.1) is 0 Å². The fraction of sp³-hybridized carbons (Fsp3) is 0.750. The van der Waals surface area contributed by atoms with Crippen LogP contribution in [-0.2, 0) is 0 Å². The van der Waals surface area contributed by atoms with E-state index in [0.29, 0.717) is 0 Å². The standard InChI is InChI=1S/C8H17N.ClH/c1-3-5-7-9-8-6-4-2;/h5,7,9H,3-4,6,8H2,1-2H3;1H. The maximum absolute atomic E-state index is 3.21. The summed E-state index contributed by atoms with van der Waals surface area (Å²) in [5.41, 5.74) is 0. The predicted octanol–water partition coefficient (Wildman–Crippen LogP) is 2.72.